The van der Waals surface area contributed by atoms with Crippen LogP contribution in [0.2, 0.25) is 0 Å². The van der Waals surface area contributed by atoms with Gasteiger partial charge in [-0.3, -0.25) is 0 Å². The van der Waals surface area contributed by atoms with Crippen LogP contribution in [0, 0.1) is 0 Å². The SMILES string of the molecule is c1coc(CNCCc2nnc3n2CCCCC3)c1. The van der Waals surface area contributed by atoms with Crippen LogP contribution in [-0.2, 0) is 25.9 Å². The monoisotopic (exact) mass is 260 g/mol. The van der Waals surface area contributed by atoms with E-state index in [0.717, 1.165) is 44.1 Å². The lowest BCUT2D eigenvalue weighted by molar-refractivity contribution is 0.481. The maximum atomic E-state index is 5.28. The van der Waals surface area contributed by atoms with Gasteiger partial charge in [-0.1, -0.05) is 6.42 Å². The quantitative estimate of drug-likeness (QED) is 0.835. The Bertz CT molecular complexity index is 504. The molecule has 0 fully saturated rings. The van der Waals surface area contributed by atoms with Crippen LogP contribution in [0.4, 0.5) is 0 Å². The van der Waals surface area contributed by atoms with Crippen molar-refractivity contribution in [2.45, 2.75) is 45.2 Å². The van der Waals surface area contributed by atoms with E-state index < -0.39 is 0 Å². The fourth-order valence-corrected chi connectivity index (χ4v) is 2.56. The summed E-state index contributed by atoms with van der Waals surface area (Å²) in [5, 5.41) is 12.0. The van der Waals surface area contributed by atoms with Crippen molar-refractivity contribution in [3.8, 4) is 0 Å². The van der Waals surface area contributed by atoms with Gasteiger partial charge in [0.15, 0.2) is 0 Å². The Labute approximate surface area is 113 Å². The lowest BCUT2D eigenvalue weighted by Gasteiger charge is -2.07. The minimum atomic E-state index is 0.772. The average Bonchev–Trinajstić information content (AvgIpc) is 3.00. The van der Waals surface area contributed by atoms with Crippen LogP contribution in [0.1, 0.15) is 36.7 Å². The fourth-order valence-electron chi connectivity index (χ4n) is 2.56. The molecule has 0 radical (unpaired) electrons. The third-order valence-electron chi connectivity index (χ3n) is 3.59. The first-order chi connectivity index (χ1) is 9.43. The minimum Gasteiger partial charge on any atom is -0.468 e. The van der Waals surface area contributed by atoms with E-state index in [1.54, 1.807) is 6.26 Å². The first-order valence-electron chi connectivity index (χ1n) is 7.07. The zero-order valence-electron chi connectivity index (χ0n) is 11.1. The van der Waals surface area contributed by atoms with E-state index in [4.69, 9.17) is 4.42 Å². The molecule has 0 saturated carbocycles. The summed E-state index contributed by atoms with van der Waals surface area (Å²) in [5.74, 6) is 3.25. The number of nitrogens with one attached hydrogen (secondary N) is 1. The van der Waals surface area contributed by atoms with Crippen LogP contribution in [0.5, 0.6) is 0 Å². The fraction of sp³-hybridized carbons (Fsp3) is 0.571. The first kappa shape index (κ1) is 12.4. The lowest BCUT2D eigenvalue weighted by atomic mass is 10.2. The van der Waals surface area contributed by atoms with Crippen LogP contribution in [-0.4, -0.2) is 21.3 Å². The number of nitrogens with zero attached hydrogens (tertiary/aromatic N) is 3. The van der Waals surface area contributed by atoms with E-state index in [1.807, 2.05) is 12.1 Å². The second-order valence-corrected chi connectivity index (χ2v) is 5.00. The van der Waals surface area contributed by atoms with Gasteiger partial charge in [-0.25, -0.2) is 0 Å². The summed E-state index contributed by atoms with van der Waals surface area (Å²) in [7, 11) is 0. The van der Waals surface area contributed by atoms with Gasteiger partial charge in [-0.05, 0) is 25.0 Å². The summed E-state index contributed by atoms with van der Waals surface area (Å²) in [6, 6.07) is 3.89. The van der Waals surface area contributed by atoms with E-state index in [0.29, 0.717) is 0 Å². The van der Waals surface area contributed by atoms with Gasteiger partial charge in [0.25, 0.3) is 0 Å². The molecule has 5 heteroatoms. The number of hydrogen-bond acceptors (Lipinski definition) is 4. The molecule has 1 N–H and O–H groups in total. The van der Waals surface area contributed by atoms with Gasteiger partial charge < -0.3 is 14.3 Å². The summed E-state index contributed by atoms with van der Waals surface area (Å²) in [6.07, 6.45) is 7.50. The molecule has 2 aromatic heterocycles. The molecule has 102 valence electrons. The number of furan rings is 1. The maximum Gasteiger partial charge on any atom is 0.134 e. The van der Waals surface area contributed by atoms with Crippen molar-refractivity contribution < 1.29 is 4.42 Å². The molecular formula is C14H20N4O. The molecule has 3 rings (SSSR count). The van der Waals surface area contributed by atoms with Crippen molar-refractivity contribution in [1.82, 2.24) is 20.1 Å². The number of aryl methyl sites for hydroxylation is 1. The van der Waals surface area contributed by atoms with E-state index in [1.165, 1.54) is 25.1 Å². The Hall–Kier alpha value is -1.62. The Kier molecular flexibility index (Phi) is 3.93. The highest BCUT2D eigenvalue weighted by Crippen LogP contribution is 2.14. The van der Waals surface area contributed by atoms with Crippen molar-refractivity contribution in [2.75, 3.05) is 6.54 Å². The lowest BCUT2D eigenvalue weighted by Crippen LogP contribution is -2.18. The molecule has 0 unspecified atom stereocenters. The van der Waals surface area contributed by atoms with Gasteiger partial charge >= 0.3 is 0 Å². The van der Waals surface area contributed by atoms with Gasteiger partial charge in [0.05, 0.1) is 12.8 Å². The molecule has 0 bridgehead atoms. The van der Waals surface area contributed by atoms with E-state index in [9.17, 15) is 0 Å². The van der Waals surface area contributed by atoms with Crippen molar-refractivity contribution in [2.24, 2.45) is 0 Å². The van der Waals surface area contributed by atoms with E-state index >= 15 is 0 Å². The second kappa shape index (κ2) is 6.02. The zero-order chi connectivity index (χ0) is 12.9. The molecule has 0 saturated heterocycles. The summed E-state index contributed by atoms with van der Waals surface area (Å²) >= 11 is 0. The van der Waals surface area contributed by atoms with Gasteiger partial charge in [0.2, 0.25) is 0 Å². The molecule has 0 aromatic carbocycles. The summed E-state index contributed by atoms with van der Waals surface area (Å²) < 4.78 is 7.59. The Morgan fingerprint density at radius 3 is 3.16 bits per heavy atom. The van der Waals surface area contributed by atoms with Crippen molar-refractivity contribution >= 4 is 0 Å². The van der Waals surface area contributed by atoms with Crippen LogP contribution in [0.3, 0.4) is 0 Å². The molecule has 0 amide bonds. The van der Waals surface area contributed by atoms with Crippen LogP contribution >= 0.6 is 0 Å². The summed E-state index contributed by atoms with van der Waals surface area (Å²) in [5.41, 5.74) is 0. The molecular weight excluding hydrogens is 240 g/mol. The van der Waals surface area contributed by atoms with Gasteiger partial charge in [-0.2, -0.15) is 0 Å². The second-order valence-electron chi connectivity index (χ2n) is 5.00. The third kappa shape index (κ3) is 3.04. The van der Waals surface area contributed by atoms with E-state index in [-0.39, 0.29) is 0 Å². The largest absolute Gasteiger partial charge is 0.468 e. The Morgan fingerprint density at radius 2 is 2.26 bits per heavy atom. The van der Waals surface area contributed by atoms with Crippen molar-refractivity contribution in [3.05, 3.63) is 35.8 Å². The zero-order valence-corrected chi connectivity index (χ0v) is 11.1. The van der Waals surface area contributed by atoms with Crippen molar-refractivity contribution in [1.29, 1.82) is 0 Å². The molecule has 0 aliphatic carbocycles. The number of rotatable bonds is 5. The summed E-state index contributed by atoms with van der Waals surface area (Å²) in [6.45, 7) is 2.75. The molecule has 1 aliphatic heterocycles. The smallest absolute Gasteiger partial charge is 0.134 e. The highest BCUT2D eigenvalue weighted by molar-refractivity contribution is 4.99. The Morgan fingerprint density at radius 1 is 1.26 bits per heavy atom. The molecule has 3 heterocycles. The first-order valence-corrected chi connectivity index (χ1v) is 7.07. The number of hydrogen-bond donors (Lipinski definition) is 1. The van der Waals surface area contributed by atoms with Crippen LogP contribution in [0.25, 0.3) is 0 Å². The number of fused-ring (bicyclic) bond motifs is 1. The molecule has 0 spiro atoms. The Balaban J connectivity index is 1.51. The molecule has 0 atom stereocenters. The predicted octanol–water partition coefficient (Wildman–Crippen LogP) is 1.93. The standard InChI is InChI=1S/C14H20N4O/c1-2-6-13-16-17-14(18(13)9-3-1)7-8-15-11-12-5-4-10-19-12/h4-5,10,15H,1-3,6-9,11H2. The normalized spacial score (nSPS) is 15.2. The van der Waals surface area contributed by atoms with Crippen LogP contribution in [0.15, 0.2) is 22.8 Å². The molecule has 19 heavy (non-hydrogen) atoms. The van der Waals surface area contributed by atoms with E-state index in [2.05, 4.69) is 20.1 Å². The van der Waals surface area contributed by atoms with Crippen LogP contribution < -0.4 is 5.32 Å². The summed E-state index contributed by atoms with van der Waals surface area (Å²) in [4.78, 5) is 0. The average molecular weight is 260 g/mol. The van der Waals surface area contributed by atoms with Gasteiger partial charge in [0.1, 0.15) is 17.4 Å². The number of aromatic nitrogens is 3. The minimum absolute atomic E-state index is 0.772. The van der Waals surface area contributed by atoms with Gasteiger partial charge in [-0.15, -0.1) is 10.2 Å². The van der Waals surface area contributed by atoms with Crippen molar-refractivity contribution in [3.63, 3.8) is 0 Å². The molecule has 1 aliphatic rings. The maximum absolute atomic E-state index is 5.28. The topological polar surface area (TPSA) is 55.9 Å². The molecule has 2 aromatic rings. The third-order valence-corrected chi connectivity index (χ3v) is 3.59. The van der Waals surface area contributed by atoms with Gasteiger partial charge in [0, 0.05) is 25.9 Å². The highest BCUT2D eigenvalue weighted by Gasteiger charge is 2.13. The highest BCUT2D eigenvalue weighted by atomic mass is 16.3. The predicted molar refractivity (Wildman–Crippen MR) is 71.7 cm³/mol. The molecule has 5 nitrogen and oxygen atoms in total.